The predicted octanol–water partition coefficient (Wildman–Crippen LogP) is 2.87. The quantitative estimate of drug-likeness (QED) is 0.914. The molecule has 1 atom stereocenters. The Morgan fingerprint density at radius 1 is 1.47 bits per heavy atom. The lowest BCUT2D eigenvalue weighted by Crippen LogP contribution is -2.25. The van der Waals surface area contributed by atoms with Gasteiger partial charge in [-0.15, -0.1) is 0 Å². The van der Waals surface area contributed by atoms with Crippen molar-refractivity contribution in [2.45, 2.75) is 26.3 Å². The number of rotatable bonds is 5. The second-order valence-corrected chi connectivity index (χ2v) is 5.03. The Morgan fingerprint density at radius 3 is 2.84 bits per heavy atom. The summed E-state index contributed by atoms with van der Waals surface area (Å²) in [7, 11) is 1.91. The van der Waals surface area contributed by atoms with E-state index in [0.717, 1.165) is 29.9 Å². The standard InChI is InChI=1S/C14H19ClN4/c1-4-6-17-13(11-5-7-16-10(2)8-11)14-12(15)9-18-19(14)3/h5,7-9,13,17H,4,6H2,1-3H3. The molecule has 2 aromatic rings. The zero-order valence-electron chi connectivity index (χ0n) is 11.5. The molecule has 2 aromatic heterocycles. The van der Waals surface area contributed by atoms with Gasteiger partial charge in [0.15, 0.2) is 0 Å². The number of pyridine rings is 1. The zero-order valence-corrected chi connectivity index (χ0v) is 12.3. The Kier molecular flexibility index (Phi) is 4.56. The molecule has 0 saturated carbocycles. The molecule has 0 spiro atoms. The summed E-state index contributed by atoms with van der Waals surface area (Å²) in [6.45, 7) is 5.06. The van der Waals surface area contributed by atoms with Crippen LogP contribution in [-0.4, -0.2) is 21.3 Å². The fraction of sp³-hybridized carbons (Fsp3) is 0.429. The van der Waals surface area contributed by atoms with E-state index in [-0.39, 0.29) is 6.04 Å². The molecule has 0 fully saturated rings. The molecule has 2 rings (SSSR count). The van der Waals surface area contributed by atoms with Crippen LogP contribution >= 0.6 is 11.6 Å². The lowest BCUT2D eigenvalue weighted by atomic mass is 10.0. The highest BCUT2D eigenvalue weighted by molar-refractivity contribution is 6.31. The Morgan fingerprint density at radius 2 is 2.26 bits per heavy atom. The molecule has 0 aliphatic rings. The van der Waals surface area contributed by atoms with Crippen molar-refractivity contribution in [1.29, 1.82) is 0 Å². The number of hydrogen-bond donors (Lipinski definition) is 1. The molecule has 0 aliphatic carbocycles. The number of halogens is 1. The first-order valence-corrected chi connectivity index (χ1v) is 6.84. The average Bonchev–Trinajstić information content (AvgIpc) is 2.71. The first kappa shape index (κ1) is 14.0. The van der Waals surface area contributed by atoms with E-state index >= 15 is 0 Å². The van der Waals surface area contributed by atoms with E-state index in [1.165, 1.54) is 0 Å². The van der Waals surface area contributed by atoms with Crippen LogP contribution in [0.1, 0.15) is 36.3 Å². The molecular weight excluding hydrogens is 260 g/mol. The third-order valence-electron chi connectivity index (χ3n) is 3.06. The van der Waals surface area contributed by atoms with Crippen molar-refractivity contribution in [2.75, 3.05) is 6.54 Å². The number of aryl methyl sites for hydroxylation is 2. The third kappa shape index (κ3) is 3.14. The topological polar surface area (TPSA) is 42.7 Å². The van der Waals surface area contributed by atoms with Gasteiger partial charge in [-0.25, -0.2) is 0 Å². The van der Waals surface area contributed by atoms with E-state index in [1.807, 2.05) is 30.9 Å². The molecule has 4 nitrogen and oxygen atoms in total. The highest BCUT2D eigenvalue weighted by atomic mass is 35.5. The summed E-state index contributed by atoms with van der Waals surface area (Å²) in [5.41, 5.74) is 3.14. The highest BCUT2D eigenvalue weighted by Gasteiger charge is 2.20. The van der Waals surface area contributed by atoms with Crippen LogP contribution < -0.4 is 5.32 Å². The molecule has 0 bridgehead atoms. The largest absolute Gasteiger partial charge is 0.305 e. The molecular formula is C14H19ClN4. The van der Waals surface area contributed by atoms with Gasteiger partial charge < -0.3 is 5.32 Å². The van der Waals surface area contributed by atoms with E-state index in [0.29, 0.717) is 5.02 Å². The molecule has 0 saturated heterocycles. The summed E-state index contributed by atoms with van der Waals surface area (Å²) >= 11 is 6.27. The van der Waals surface area contributed by atoms with E-state index < -0.39 is 0 Å². The lowest BCUT2D eigenvalue weighted by molar-refractivity contribution is 0.553. The van der Waals surface area contributed by atoms with E-state index in [9.17, 15) is 0 Å². The van der Waals surface area contributed by atoms with Crippen molar-refractivity contribution < 1.29 is 0 Å². The Labute approximate surface area is 118 Å². The summed E-state index contributed by atoms with van der Waals surface area (Å²) in [5.74, 6) is 0. The van der Waals surface area contributed by atoms with Gasteiger partial charge in [0, 0.05) is 18.9 Å². The fourth-order valence-electron chi connectivity index (χ4n) is 2.15. The molecule has 102 valence electrons. The van der Waals surface area contributed by atoms with E-state index in [2.05, 4.69) is 28.4 Å². The van der Waals surface area contributed by atoms with Crippen LogP contribution in [0.4, 0.5) is 0 Å². The smallest absolute Gasteiger partial charge is 0.0837 e. The fourth-order valence-corrected chi connectivity index (χ4v) is 2.43. The van der Waals surface area contributed by atoms with Crippen LogP contribution in [0.3, 0.4) is 0 Å². The van der Waals surface area contributed by atoms with E-state index in [1.54, 1.807) is 6.20 Å². The lowest BCUT2D eigenvalue weighted by Gasteiger charge is -2.20. The molecule has 1 N–H and O–H groups in total. The highest BCUT2D eigenvalue weighted by Crippen LogP contribution is 2.27. The zero-order chi connectivity index (χ0) is 13.8. The second-order valence-electron chi connectivity index (χ2n) is 4.62. The van der Waals surface area contributed by atoms with Crippen molar-refractivity contribution in [3.05, 3.63) is 46.5 Å². The minimum Gasteiger partial charge on any atom is -0.305 e. The minimum absolute atomic E-state index is 0.0432. The molecule has 19 heavy (non-hydrogen) atoms. The van der Waals surface area contributed by atoms with Gasteiger partial charge >= 0.3 is 0 Å². The van der Waals surface area contributed by atoms with Crippen LogP contribution in [0.5, 0.6) is 0 Å². The Balaban J connectivity index is 2.41. The maximum Gasteiger partial charge on any atom is 0.0837 e. The second kappa shape index (κ2) is 6.17. The summed E-state index contributed by atoms with van der Waals surface area (Å²) in [4.78, 5) is 4.25. The van der Waals surface area contributed by atoms with Gasteiger partial charge in [-0.1, -0.05) is 18.5 Å². The molecule has 0 aromatic carbocycles. The monoisotopic (exact) mass is 278 g/mol. The molecule has 0 amide bonds. The van der Waals surface area contributed by atoms with Gasteiger partial charge in [0.2, 0.25) is 0 Å². The van der Waals surface area contributed by atoms with Crippen LogP contribution in [0.25, 0.3) is 0 Å². The minimum atomic E-state index is 0.0432. The number of nitrogens with one attached hydrogen (secondary N) is 1. The summed E-state index contributed by atoms with van der Waals surface area (Å²) in [6, 6.07) is 4.14. The van der Waals surface area contributed by atoms with Crippen LogP contribution in [0.15, 0.2) is 24.5 Å². The van der Waals surface area contributed by atoms with Gasteiger partial charge in [0.1, 0.15) is 0 Å². The first-order valence-electron chi connectivity index (χ1n) is 6.46. The number of aromatic nitrogens is 3. The number of nitrogens with zero attached hydrogens (tertiary/aromatic N) is 3. The summed E-state index contributed by atoms with van der Waals surface area (Å²) in [5, 5.41) is 8.43. The normalized spacial score (nSPS) is 12.6. The maximum atomic E-state index is 6.27. The molecule has 5 heteroatoms. The van der Waals surface area contributed by atoms with Gasteiger partial charge in [-0.05, 0) is 37.6 Å². The summed E-state index contributed by atoms with van der Waals surface area (Å²) in [6.07, 6.45) is 4.58. The molecule has 0 radical (unpaired) electrons. The Hall–Kier alpha value is -1.39. The molecule has 2 heterocycles. The van der Waals surface area contributed by atoms with Crippen LogP contribution in [0, 0.1) is 6.92 Å². The van der Waals surface area contributed by atoms with Gasteiger partial charge in [-0.3, -0.25) is 9.67 Å². The first-order chi connectivity index (χ1) is 9.13. The van der Waals surface area contributed by atoms with Crippen molar-refractivity contribution in [3.8, 4) is 0 Å². The molecule has 0 aliphatic heterocycles. The predicted molar refractivity (Wildman–Crippen MR) is 77.3 cm³/mol. The summed E-state index contributed by atoms with van der Waals surface area (Å²) < 4.78 is 1.82. The van der Waals surface area contributed by atoms with Crippen molar-refractivity contribution >= 4 is 11.6 Å². The average molecular weight is 279 g/mol. The van der Waals surface area contributed by atoms with Gasteiger partial charge in [0.25, 0.3) is 0 Å². The van der Waals surface area contributed by atoms with E-state index in [4.69, 9.17) is 11.6 Å². The van der Waals surface area contributed by atoms with Crippen molar-refractivity contribution in [2.24, 2.45) is 7.05 Å². The van der Waals surface area contributed by atoms with Crippen LogP contribution in [-0.2, 0) is 7.05 Å². The van der Waals surface area contributed by atoms with Gasteiger partial charge in [0.05, 0.1) is 23.0 Å². The molecule has 1 unspecified atom stereocenters. The number of hydrogen-bond acceptors (Lipinski definition) is 3. The maximum absolute atomic E-state index is 6.27. The third-order valence-corrected chi connectivity index (χ3v) is 3.35. The van der Waals surface area contributed by atoms with Crippen LogP contribution in [0.2, 0.25) is 5.02 Å². The van der Waals surface area contributed by atoms with Crippen molar-refractivity contribution in [1.82, 2.24) is 20.1 Å². The SMILES string of the molecule is CCCNC(c1ccnc(C)c1)c1c(Cl)cnn1C. The Bertz CT molecular complexity index is 531. The van der Waals surface area contributed by atoms with Gasteiger partial charge in [-0.2, -0.15) is 5.10 Å². The van der Waals surface area contributed by atoms with Crippen molar-refractivity contribution in [3.63, 3.8) is 0 Å².